The van der Waals surface area contributed by atoms with Crippen LogP contribution in [0.25, 0.3) is 0 Å². The molecule has 1 amide bonds. The number of hydrogen-bond acceptors (Lipinski definition) is 2. The number of rotatable bonds is 4. The van der Waals surface area contributed by atoms with Gasteiger partial charge in [-0.2, -0.15) is 0 Å². The van der Waals surface area contributed by atoms with E-state index in [2.05, 4.69) is 10.2 Å². The molecular formula is C13H18ClFN2O. The van der Waals surface area contributed by atoms with Gasteiger partial charge >= 0.3 is 0 Å². The molecule has 1 heterocycles. The van der Waals surface area contributed by atoms with Crippen LogP contribution >= 0.6 is 12.4 Å². The Bertz CT molecular complexity index is 394. The van der Waals surface area contributed by atoms with Crippen molar-refractivity contribution in [2.24, 2.45) is 0 Å². The van der Waals surface area contributed by atoms with Crippen molar-refractivity contribution in [1.82, 2.24) is 4.90 Å². The fourth-order valence-electron chi connectivity index (χ4n) is 2.06. The number of nitrogens with one attached hydrogen (secondary N) is 1. The highest BCUT2D eigenvalue weighted by Crippen LogP contribution is 2.11. The molecule has 1 aromatic carbocycles. The lowest BCUT2D eigenvalue weighted by molar-refractivity contribution is -0.116. The average Bonchev–Trinajstić information content (AvgIpc) is 2.79. The molecule has 1 N–H and O–H groups in total. The SMILES string of the molecule is Cl.O=C(CCN1CCCC1)Nc1cccc(F)c1. The van der Waals surface area contributed by atoms with Crippen LogP contribution in [-0.4, -0.2) is 30.4 Å². The summed E-state index contributed by atoms with van der Waals surface area (Å²) in [6, 6.07) is 5.97. The van der Waals surface area contributed by atoms with Crippen molar-refractivity contribution >= 4 is 24.0 Å². The molecule has 0 spiro atoms. The van der Waals surface area contributed by atoms with E-state index >= 15 is 0 Å². The standard InChI is InChI=1S/C13H17FN2O.ClH/c14-11-4-3-5-12(10-11)15-13(17)6-9-16-7-1-2-8-16;/h3-5,10H,1-2,6-9H2,(H,15,17);1H. The van der Waals surface area contributed by atoms with Crippen LogP contribution in [0.1, 0.15) is 19.3 Å². The first kappa shape index (κ1) is 14.9. The lowest BCUT2D eigenvalue weighted by Gasteiger charge is -2.13. The van der Waals surface area contributed by atoms with Crippen molar-refractivity contribution in [3.63, 3.8) is 0 Å². The highest BCUT2D eigenvalue weighted by Gasteiger charge is 2.12. The Balaban J connectivity index is 0.00000162. The van der Waals surface area contributed by atoms with Crippen LogP contribution in [0.5, 0.6) is 0 Å². The first-order chi connectivity index (χ1) is 8.24. The quantitative estimate of drug-likeness (QED) is 0.914. The number of halogens is 2. The van der Waals surface area contributed by atoms with Crippen molar-refractivity contribution in [2.75, 3.05) is 25.0 Å². The minimum absolute atomic E-state index is 0. The van der Waals surface area contributed by atoms with Crippen LogP contribution in [0.15, 0.2) is 24.3 Å². The Morgan fingerprint density at radius 2 is 2.06 bits per heavy atom. The van der Waals surface area contributed by atoms with E-state index in [1.54, 1.807) is 12.1 Å². The number of anilines is 1. The molecule has 0 saturated carbocycles. The molecule has 3 nitrogen and oxygen atoms in total. The smallest absolute Gasteiger partial charge is 0.225 e. The summed E-state index contributed by atoms with van der Waals surface area (Å²) >= 11 is 0. The third-order valence-electron chi connectivity index (χ3n) is 2.96. The van der Waals surface area contributed by atoms with Gasteiger partial charge in [-0.15, -0.1) is 12.4 Å². The third kappa shape index (κ3) is 4.63. The normalized spacial score (nSPS) is 15.2. The van der Waals surface area contributed by atoms with Gasteiger partial charge in [-0.05, 0) is 44.1 Å². The number of nitrogens with zero attached hydrogens (tertiary/aromatic N) is 1. The zero-order chi connectivity index (χ0) is 12.1. The van der Waals surface area contributed by atoms with Gasteiger partial charge in [-0.25, -0.2) is 4.39 Å². The van der Waals surface area contributed by atoms with Crippen LogP contribution < -0.4 is 5.32 Å². The van der Waals surface area contributed by atoms with Crippen molar-refractivity contribution < 1.29 is 9.18 Å². The molecule has 0 bridgehead atoms. The minimum Gasteiger partial charge on any atom is -0.326 e. The molecule has 0 aliphatic carbocycles. The molecule has 2 rings (SSSR count). The summed E-state index contributed by atoms with van der Waals surface area (Å²) in [6.45, 7) is 2.97. The lowest BCUT2D eigenvalue weighted by Crippen LogP contribution is -2.25. The van der Waals surface area contributed by atoms with Gasteiger partial charge in [-0.1, -0.05) is 6.07 Å². The average molecular weight is 273 g/mol. The van der Waals surface area contributed by atoms with E-state index in [-0.39, 0.29) is 24.1 Å². The monoisotopic (exact) mass is 272 g/mol. The summed E-state index contributed by atoms with van der Waals surface area (Å²) in [7, 11) is 0. The predicted octanol–water partition coefficient (Wildman–Crippen LogP) is 2.67. The Morgan fingerprint density at radius 3 is 2.72 bits per heavy atom. The molecule has 0 unspecified atom stereocenters. The van der Waals surface area contributed by atoms with E-state index in [1.807, 2.05) is 0 Å². The summed E-state index contributed by atoms with van der Waals surface area (Å²) < 4.78 is 12.9. The second-order valence-corrected chi connectivity index (χ2v) is 4.36. The van der Waals surface area contributed by atoms with Crippen LogP contribution in [-0.2, 0) is 4.79 Å². The van der Waals surface area contributed by atoms with E-state index in [0.29, 0.717) is 12.1 Å². The first-order valence-corrected chi connectivity index (χ1v) is 6.02. The van der Waals surface area contributed by atoms with Crippen LogP contribution in [0.2, 0.25) is 0 Å². The largest absolute Gasteiger partial charge is 0.326 e. The Hall–Kier alpha value is -1.13. The van der Waals surface area contributed by atoms with Gasteiger partial charge in [0, 0.05) is 18.7 Å². The van der Waals surface area contributed by atoms with Crippen molar-refractivity contribution in [1.29, 1.82) is 0 Å². The zero-order valence-electron chi connectivity index (χ0n) is 10.2. The van der Waals surface area contributed by atoms with Gasteiger partial charge < -0.3 is 10.2 Å². The van der Waals surface area contributed by atoms with Gasteiger partial charge in [0.15, 0.2) is 0 Å². The second kappa shape index (κ2) is 7.34. The van der Waals surface area contributed by atoms with Gasteiger partial charge in [0.2, 0.25) is 5.91 Å². The Labute approximate surface area is 113 Å². The summed E-state index contributed by atoms with van der Waals surface area (Å²) in [5.41, 5.74) is 0.524. The van der Waals surface area contributed by atoms with Gasteiger partial charge in [0.05, 0.1) is 0 Å². The summed E-state index contributed by atoms with van der Waals surface area (Å²) in [5, 5.41) is 2.70. The number of benzene rings is 1. The van der Waals surface area contributed by atoms with Crippen LogP contribution in [0.3, 0.4) is 0 Å². The van der Waals surface area contributed by atoms with Gasteiger partial charge in [-0.3, -0.25) is 4.79 Å². The van der Waals surface area contributed by atoms with E-state index in [4.69, 9.17) is 0 Å². The maximum absolute atomic E-state index is 12.9. The highest BCUT2D eigenvalue weighted by atomic mass is 35.5. The summed E-state index contributed by atoms with van der Waals surface area (Å²) in [4.78, 5) is 13.9. The predicted molar refractivity (Wildman–Crippen MR) is 72.6 cm³/mol. The van der Waals surface area contributed by atoms with Crippen LogP contribution in [0, 0.1) is 5.82 Å². The molecule has 1 aliphatic rings. The van der Waals surface area contributed by atoms with E-state index < -0.39 is 0 Å². The van der Waals surface area contributed by atoms with Crippen molar-refractivity contribution in [3.8, 4) is 0 Å². The number of amides is 1. The minimum atomic E-state index is -0.331. The number of carbonyl (C=O) groups excluding carboxylic acids is 1. The molecule has 0 aromatic heterocycles. The molecule has 100 valence electrons. The number of hydrogen-bond donors (Lipinski definition) is 1. The lowest BCUT2D eigenvalue weighted by atomic mass is 10.3. The first-order valence-electron chi connectivity index (χ1n) is 6.02. The molecule has 1 fully saturated rings. The molecule has 1 saturated heterocycles. The number of carbonyl (C=O) groups is 1. The van der Waals surface area contributed by atoms with Crippen molar-refractivity contribution in [3.05, 3.63) is 30.1 Å². The fraction of sp³-hybridized carbons (Fsp3) is 0.462. The van der Waals surface area contributed by atoms with Gasteiger partial charge in [0.25, 0.3) is 0 Å². The maximum Gasteiger partial charge on any atom is 0.225 e. The third-order valence-corrected chi connectivity index (χ3v) is 2.96. The second-order valence-electron chi connectivity index (χ2n) is 4.36. The van der Waals surface area contributed by atoms with E-state index in [1.165, 1.54) is 25.0 Å². The molecule has 1 aromatic rings. The number of likely N-dealkylation sites (tertiary alicyclic amines) is 1. The topological polar surface area (TPSA) is 32.3 Å². The molecule has 0 atom stereocenters. The van der Waals surface area contributed by atoms with Gasteiger partial charge in [0.1, 0.15) is 5.82 Å². The summed E-state index contributed by atoms with van der Waals surface area (Å²) in [6.07, 6.45) is 2.92. The Kier molecular flexibility index (Phi) is 6.09. The molecule has 5 heteroatoms. The van der Waals surface area contributed by atoms with E-state index in [0.717, 1.165) is 19.6 Å². The zero-order valence-corrected chi connectivity index (χ0v) is 11.0. The highest BCUT2D eigenvalue weighted by molar-refractivity contribution is 5.90. The Morgan fingerprint density at radius 1 is 1.33 bits per heavy atom. The maximum atomic E-state index is 12.9. The molecule has 18 heavy (non-hydrogen) atoms. The van der Waals surface area contributed by atoms with Crippen LogP contribution in [0.4, 0.5) is 10.1 Å². The molecular weight excluding hydrogens is 255 g/mol. The van der Waals surface area contributed by atoms with Crippen molar-refractivity contribution in [2.45, 2.75) is 19.3 Å². The summed E-state index contributed by atoms with van der Waals surface area (Å²) in [5.74, 6) is -0.384. The molecule has 1 aliphatic heterocycles. The fourth-order valence-corrected chi connectivity index (χ4v) is 2.06. The van der Waals surface area contributed by atoms with E-state index in [9.17, 15) is 9.18 Å². The molecule has 0 radical (unpaired) electrons.